The summed E-state index contributed by atoms with van der Waals surface area (Å²) in [6, 6.07) is 5.70. The summed E-state index contributed by atoms with van der Waals surface area (Å²) in [6.07, 6.45) is 3.66. The molecule has 2 aromatic heterocycles. The fourth-order valence-corrected chi connectivity index (χ4v) is 7.60. The fourth-order valence-electron chi connectivity index (χ4n) is 4.34. The molecule has 0 aliphatic carbocycles. The highest BCUT2D eigenvalue weighted by Gasteiger charge is 2.64. The van der Waals surface area contributed by atoms with Gasteiger partial charge in [-0.25, -0.2) is 22.9 Å². The summed E-state index contributed by atoms with van der Waals surface area (Å²) in [5.74, 6) is -0.619. The molecule has 1 fully saturated rings. The van der Waals surface area contributed by atoms with Gasteiger partial charge >= 0.3 is 0 Å². The quantitative estimate of drug-likeness (QED) is 0.637. The number of carbonyl (C=O) groups is 1. The van der Waals surface area contributed by atoms with Crippen LogP contribution in [0.2, 0.25) is 5.02 Å². The zero-order chi connectivity index (χ0) is 23.4. The Morgan fingerprint density at radius 3 is 2.97 bits per heavy atom. The largest absolute Gasteiger partial charge is 0.347 e. The van der Waals surface area contributed by atoms with Crippen molar-refractivity contribution in [1.29, 1.82) is 5.26 Å². The summed E-state index contributed by atoms with van der Waals surface area (Å²) in [7, 11) is -2.72. The van der Waals surface area contributed by atoms with Gasteiger partial charge in [-0.05, 0) is 44.4 Å². The Balaban J connectivity index is 1.48. The van der Waals surface area contributed by atoms with Crippen molar-refractivity contribution >= 4 is 38.9 Å². The zero-order valence-corrected chi connectivity index (χ0v) is 19.1. The van der Waals surface area contributed by atoms with Crippen LogP contribution in [0.3, 0.4) is 0 Å². The fraction of sp³-hybridized carbons (Fsp3) is 0.381. The van der Waals surface area contributed by atoms with E-state index in [0.29, 0.717) is 18.8 Å². The van der Waals surface area contributed by atoms with Crippen LogP contribution in [0.5, 0.6) is 0 Å². The summed E-state index contributed by atoms with van der Waals surface area (Å²) >= 11 is 6.06. The van der Waals surface area contributed by atoms with Crippen LogP contribution in [0.4, 0.5) is 10.2 Å². The predicted molar refractivity (Wildman–Crippen MR) is 121 cm³/mol. The first kappa shape index (κ1) is 21.7. The number of amides is 1. The second-order valence-corrected chi connectivity index (χ2v) is 11.4. The minimum absolute atomic E-state index is 0.00236. The van der Waals surface area contributed by atoms with Gasteiger partial charge < -0.3 is 10.6 Å². The zero-order valence-electron chi connectivity index (χ0n) is 17.6. The molecule has 9 nitrogen and oxygen atoms in total. The van der Waals surface area contributed by atoms with Crippen molar-refractivity contribution in [1.82, 2.24) is 15.3 Å². The number of aliphatic imine (C=N–C) groups is 1. The average Bonchev–Trinajstić information content (AvgIpc) is 3.51. The number of anilines is 1. The predicted octanol–water partition coefficient (Wildman–Crippen LogP) is 2.97. The third-order valence-electron chi connectivity index (χ3n) is 6.04. The van der Waals surface area contributed by atoms with E-state index in [4.69, 9.17) is 16.9 Å². The Kier molecular flexibility index (Phi) is 4.91. The van der Waals surface area contributed by atoms with Crippen LogP contribution in [0.1, 0.15) is 47.9 Å². The number of rotatable bonds is 3. The minimum atomic E-state index is -2.72. The third-order valence-corrected chi connectivity index (χ3v) is 9.47. The number of pyridine rings is 2. The van der Waals surface area contributed by atoms with Gasteiger partial charge in [-0.15, -0.1) is 0 Å². The molecule has 1 amide bonds. The maximum Gasteiger partial charge on any atom is 0.276 e. The highest BCUT2D eigenvalue weighted by atomic mass is 35.5. The highest BCUT2D eigenvalue weighted by molar-refractivity contribution is 7.96. The van der Waals surface area contributed by atoms with Crippen LogP contribution in [0, 0.1) is 17.1 Å². The molecule has 170 valence electrons. The van der Waals surface area contributed by atoms with Crippen LogP contribution < -0.4 is 10.6 Å². The molecular formula is C21H19ClFN7O2S. The van der Waals surface area contributed by atoms with Gasteiger partial charge in [0.1, 0.15) is 40.5 Å². The molecular weight excluding hydrogens is 469 g/mol. The molecule has 1 spiro atoms. The molecule has 3 aliphatic rings. The second kappa shape index (κ2) is 7.46. The smallest absolute Gasteiger partial charge is 0.276 e. The molecule has 0 saturated carbocycles. The van der Waals surface area contributed by atoms with E-state index in [1.165, 1.54) is 24.4 Å². The average molecular weight is 488 g/mol. The number of nitrogens with one attached hydrogen (secondary N) is 2. The second-order valence-electron chi connectivity index (χ2n) is 8.43. The minimum Gasteiger partial charge on any atom is -0.347 e. The molecule has 2 N–H and O–H groups in total. The van der Waals surface area contributed by atoms with Crippen LogP contribution in [0.25, 0.3) is 0 Å². The molecule has 0 radical (unpaired) electrons. The normalized spacial score (nSPS) is 29.7. The first-order chi connectivity index (χ1) is 15.7. The monoisotopic (exact) mass is 487 g/mol. The molecule has 5 heterocycles. The standard InChI is InChI=1S/C21H19ClFN7O2S/c1-20(11-33(32)21(19(29-20)30-21)6-2-3-7-26-33)17-14(23)4-5-15(27-17)28-18(31)16-13(22)8-12(9-24)10-25-16/h4-5,8,10H,2-3,6-7,11H2,1H3,(H,29,30)(H,27,28,31). The summed E-state index contributed by atoms with van der Waals surface area (Å²) in [5, 5.41) is 14.6. The van der Waals surface area contributed by atoms with Crippen molar-refractivity contribution in [2.24, 2.45) is 9.36 Å². The molecule has 3 atom stereocenters. The summed E-state index contributed by atoms with van der Waals surface area (Å²) < 4.78 is 33.3. The van der Waals surface area contributed by atoms with E-state index in [1.54, 1.807) is 6.92 Å². The molecule has 5 rings (SSSR count). The van der Waals surface area contributed by atoms with Gasteiger partial charge in [0.05, 0.1) is 26.1 Å². The number of carbonyl (C=O) groups excluding carboxylic acids is 1. The van der Waals surface area contributed by atoms with Gasteiger partial charge in [0.15, 0.2) is 4.87 Å². The van der Waals surface area contributed by atoms with Crippen molar-refractivity contribution in [3.63, 3.8) is 0 Å². The Labute approximate surface area is 194 Å². The van der Waals surface area contributed by atoms with Crippen molar-refractivity contribution < 1.29 is 13.4 Å². The summed E-state index contributed by atoms with van der Waals surface area (Å²) in [6.45, 7) is 2.17. The number of hydrogen-bond acceptors (Lipinski definition) is 8. The Bertz CT molecular complexity index is 1400. The molecule has 1 saturated heterocycles. The van der Waals surface area contributed by atoms with Gasteiger partial charge in [0, 0.05) is 12.7 Å². The SMILES string of the molecule is CC1(c2nc(NC(=O)c3ncc(C#N)cc3Cl)ccc2F)CS2(=O)=NCCCCC23NC3=N1. The first-order valence-electron chi connectivity index (χ1n) is 10.3. The van der Waals surface area contributed by atoms with Gasteiger partial charge in [-0.3, -0.25) is 9.79 Å². The maximum absolute atomic E-state index is 14.9. The third kappa shape index (κ3) is 3.45. The van der Waals surface area contributed by atoms with Crippen LogP contribution >= 0.6 is 11.6 Å². The van der Waals surface area contributed by atoms with Crippen LogP contribution in [-0.2, 0) is 15.3 Å². The van der Waals surface area contributed by atoms with Crippen molar-refractivity contribution in [2.45, 2.75) is 36.6 Å². The van der Waals surface area contributed by atoms with Gasteiger partial charge in [0.25, 0.3) is 5.91 Å². The van der Waals surface area contributed by atoms with Gasteiger partial charge in [-0.2, -0.15) is 5.26 Å². The molecule has 33 heavy (non-hydrogen) atoms. The van der Waals surface area contributed by atoms with E-state index in [0.717, 1.165) is 12.8 Å². The Hall–Kier alpha value is -3.10. The van der Waals surface area contributed by atoms with E-state index >= 15 is 0 Å². The lowest BCUT2D eigenvalue weighted by Crippen LogP contribution is -2.43. The lowest BCUT2D eigenvalue weighted by molar-refractivity contribution is 0.102. The number of halogens is 2. The topological polar surface area (TPSA) is 142 Å². The number of nitriles is 1. The van der Waals surface area contributed by atoms with Gasteiger partial charge in [-0.1, -0.05) is 11.6 Å². The van der Waals surface area contributed by atoms with E-state index in [2.05, 4.69) is 30.0 Å². The van der Waals surface area contributed by atoms with Gasteiger partial charge in [0.2, 0.25) is 0 Å². The van der Waals surface area contributed by atoms with E-state index in [-0.39, 0.29) is 33.5 Å². The molecule has 2 aromatic rings. The molecule has 0 bridgehead atoms. The van der Waals surface area contributed by atoms with Crippen molar-refractivity contribution in [3.8, 4) is 6.07 Å². The van der Waals surface area contributed by atoms with Crippen LogP contribution in [0.15, 0.2) is 33.8 Å². The van der Waals surface area contributed by atoms with E-state index in [9.17, 15) is 13.4 Å². The Morgan fingerprint density at radius 2 is 2.21 bits per heavy atom. The molecule has 12 heteroatoms. The molecule has 0 aromatic carbocycles. The number of hydrogen-bond donors (Lipinski definition) is 2. The number of nitrogens with zero attached hydrogens (tertiary/aromatic N) is 5. The summed E-state index contributed by atoms with van der Waals surface area (Å²) in [5.41, 5.74) is -1.14. The van der Waals surface area contributed by atoms with Crippen molar-refractivity contribution in [3.05, 3.63) is 52.2 Å². The van der Waals surface area contributed by atoms with Crippen molar-refractivity contribution in [2.75, 3.05) is 17.6 Å². The van der Waals surface area contributed by atoms with Crippen LogP contribution in [-0.4, -0.2) is 43.1 Å². The molecule has 3 aliphatic heterocycles. The Morgan fingerprint density at radius 1 is 1.39 bits per heavy atom. The maximum atomic E-state index is 14.9. The molecule has 3 unspecified atom stereocenters. The lowest BCUT2D eigenvalue weighted by Gasteiger charge is -2.31. The van der Waals surface area contributed by atoms with E-state index in [1.807, 2.05) is 6.07 Å². The number of amidine groups is 1. The highest BCUT2D eigenvalue weighted by Crippen LogP contribution is 2.47. The first-order valence-corrected chi connectivity index (χ1v) is 12.4. The van der Waals surface area contributed by atoms with E-state index < -0.39 is 31.9 Å². The summed E-state index contributed by atoms with van der Waals surface area (Å²) in [4.78, 5) is 24.8. The lowest BCUT2D eigenvalue weighted by atomic mass is 9.99. The number of aromatic nitrogens is 2.